The van der Waals surface area contributed by atoms with Crippen molar-refractivity contribution < 1.29 is 0 Å². The van der Waals surface area contributed by atoms with Crippen LogP contribution in [0.1, 0.15) is 44.1 Å². The molecule has 1 saturated carbocycles. The zero-order valence-electron chi connectivity index (χ0n) is 10.8. The molecule has 2 atom stereocenters. The minimum Gasteiger partial charge on any atom is -0.300 e. The molecule has 2 aliphatic rings. The van der Waals surface area contributed by atoms with Gasteiger partial charge in [0.1, 0.15) is 0 Å². The van der Waals surface area contributed by atoms with E-state index in [0.717, 1.165) is 17.9 Å². The van der Waals surface area contributed by atoms with Crippen molar-refractivity contribution in [2.75, 3.05) is 13.1 Å². The second-order valence-electron chi connectivity index (χ2n) is 5.86. The van der Waals surface area contributed by atoms with Crippen molar-refractivity contribution in [3.05, 3.63) is 35.9 Å². The maximum atomic E-state index is 2.74. The first-order valence-electron chi connectivity index (χ1n) is 7.13. The van der Waals surface area contributed by atoms with Crippen LogP contribution in [0, 0.1) is 5.92 Å². The molecule has 1 heterocycles. The van der Waals surface area contributed by atoms with Crippen molar-refractivity contribution >= 4 is 0 Å². The van der Waals surface area contributed by atoms with E-state index in [9.17, 15) is 0 Å². The summed E-state index contributed by atoms with van der Waals surface area (Å²) in [5.41, 5.74) is 1.55. The Bertz CT molecular complexity index is 355. The molecule has 1 nitrogen and oxygen atoms in total. The van der Waals surface area contributed by atoms with Crippen LogP contribution in [0.15, 0.2) is 30.3 Å². The molecule has 1 unspecified atom stereocenters. The summed E-state index contributed by atoms with van der Waals surface area (Å²) in [7, 11) is 0. The van der Waals surface area contributed by atoms with E-state index in [1.165, 1.54) is 38.8 Å². The number of likely N-dealkylation sites (tertiary alicyclic amines) is 1. The minimum atomic E-state index is 0.785. The quantitative estimate of drug-likeness (QED) is 0.748. The number of benzene rings is 1. The van der Waals surface area contributed by atoms with Gasteiger partial charge < -0.3 is 4.90 Å². The molecule has 1 aliphatic heterocycles. The Kier molecular flexibility index (Phi) is 3.19. The predicted molar refractivity (Wildman–Crippen MR) is 72.2 cm³/mol. The van der Waals surface area contributed by atoms with Gasteiger partial charge in [-0.15, -0.1) is 0 Å². The van der Waals surface area contributed by atoms with Crippen molar-refractivity contribution in [2.45, 2.75) is 44.6 Å². The molecule has 0 aromatic heterocycles. The van der Waals surface area contributed by atoms with E-state index in [1.807, 2.05) is 0 Å². The van der Waals surface area contributed by atoms with E-state index in [4.69, 9.17) is 0 Å². The summed E-state index contributed by atoms with van der Waals surface area (Å²) in [6, 6.07) is 12.0. The lowest BCUT2D eigenvalue weighted by Gasteiger charge is -2.44. The second-order valence-corrected chi connectivity index (χ2v) is 5.86. The lowest BCUT2D eigenvalue weighted by molar-refractivity contribution is 0.0712. The van der Waals surface area contributed by atoms with Crippen molar-refractivity contribution in [3.63, 3.8) is 0 Å². The van der Waals surface area contributed by atoms with Gasteiger partial charge in [0.2, 0.25) is 0 Å². The summed E-state index contributed by atoms with van der Waals surface area (Å²) < 4.78 is 0. The molecule has 1 aliphatic carbocycles. The number of nitrogens with zero attached hydrogens (tertiary/aromatic N) is 1. The van der Waals surface area contributed by atoms with Gasteiger partial charge in [0, 0.05) is 12.6 Å². The first kappa shape index (κ1) is 11.3. The normalized spacial score (nSPS) is 31.1. The molecule has 1 aromatic rings. The van der Waals surface area contributed by atoms with Crippen molar-refractivity contribution in [1.29, 1.82) is 0 Å². The van der Waals surface area contributed by atoms with Crippen LogP contribution in [0.25, 0.3) is 0 Å². The Hall–Kier alpha value is -0.820. The predicted octanol–water partition coefficient (Wildman–Crippen LogP) is 3.66. The molecule has 3 rings (SSSR count). The molecule has 1 heteroatoms. The molecule has 0 amide bonds. The van der Waals surface area contributed by atoms with Gasteiger partial charge in [0.05, 0.1) is 0 Å². The highest BCUT2D eigenvalue weighted by Gasteiger charge is 2.32. The third-order valence-electron chi connectivity index (χ3n) is 4.76. The second kappa shape index (κ2) is 4.81. The number of hydrogen-bond donors (Lipinski definition) is 0. The Morgan fingerprint density at radius 2 is 1.82 bits per heavy atom. The van der Waals surface area contributed by atoms with Crippen LogP contribution in [0.5, 0.6) is 0 Å². The summed E-state index contributed by atoms with van der Waals surface area (Å²) in [6.45, 7) is 5.06. The van der Waals surface area contributed by atoms with Gasteiger partial charge in [0.15, 0.2) is 0 Å². The molecular weight excluding hydrogens is 206 g/mol. The smallest absolute Gasteiger partial charge is 0.00954 e. The van der Waals surface area contributed by atoms with E-state index < -0.39 is 0 Å². The summed E-state index contributed by atoms with van der Waals surface area (Å²) in [5, 5.41) is 0. The van der Waals surface area contributed by atoms with E-state index in [2.05, 4.69) is 42.2 Å². The van der Waals surface area contributed by atoms with E-state index >= 15 is 0 Å². The topological polar surface area (TPSA) is 3.24 Å². The van der Waals surface area contributed by atoms with Gasteiger partial charge >= 0.3 is 0 Å². The van der Waals surface area contributed by atoms with Crippen LogP contribution in [0.2, 0.25) is 0 Å². The SMILES string of the molecule is CC1CN(C2CCC2)CC[C@@H]1c1ccccc1. The number of piperidine rings is 1. The third kappa shape index (κ3) is 2.26. The van der Waals surface area contributed by atoms with Gasteiger partial charge in [0.25, 0.3) is 0 Å². The van der Waals surface area contributed by atoms with Crippen LogP contribution < -0.4 is 0 Å². The molecule has 0 spiro atoms. The van der Waals surface area contributed by atoms with E-state index in [0.29, 0.717) is 0 Å². The van der Waals surface area contributed by atoms with Crippen molar-refractivity contribution in [1.82, 2.24) is 4.90 Å². The van der Waals surface area contributed by atoms with E-state index in [1.54, 1.807) is 5.56 Å². The summed E-state index contributed by atoms with van der Waals surface area (Å²) in [5.74, 6) is 1.60. The largest absolute Gasteiger partial charge is 0.300 e. The summed E-state index contributed by atoms with van der Waals surface area (Å²) in [4.78, 5) is 2.74. The summed E-state index contributed by atoms with van der Waals surface area (Å²) >= 11 is 0. The lowest BCUT2D eigenvalue weighted by Crippen LogP contribution is -2.47. The fraction of sp³-hybridized carbons (Fsp3) is 0.625. The Morgan fingerprint density at radius 3 is 2.41 bits per heavy atom. The molecule has 0 N–H and O–H groups in total. The number of hydrogen-bond acceptors (Lipinski definition) is 1. The highest BCUT2D eigenvalue weighted by atomic mass is 15.2. The van der Waals surface area contributed by atoms with E-state index in [-0.39, 0.29) is 0 Å². The molecular formula is C16H23N. The van der Waals surface area contributed by atoms with Gasteiger partial charge in [-0.1, -0.05) is 43.7 Å². The average Bonchev–Trinajstić information content (AvgIpc) is 2.28. The van der Waals surface area contributed by atoms with Crippen LogP contribution in [0.3, 0.4) is 0 Å². The zero-order chi connectivity index (χ0) is 11.7. The molecule has 0 bridgehead atoms. The standard InChI is InChI=1S/C16H23N/c1-13-12-17(15-8-5-9-15)11-10-16(13)14-6-3-2-4-7-14/h2-4,6-7,13,15-16H,5,8-12H2,1H3/t13?,16-/m0/s1. The Balaban J connectivity index is 1.66. The third-order valence-corrected chi connectivity index (χ3v) is 4.76. The average molecular weight is 229 g/mol. The zero-order valence-corrected chi connectivity index (χ0v) is 10.8. The highest BCUT2D eigenvalue weighted by molar-refractivity contribution is 5.21. The lowest BCUT2D eigenvalue weighted by atomic mass is 9.79. The van der Waals surface area contributed by atoms with Gasteiger partial charge in [-0.2, -0.15) is 0 Å². The van der Waals surface area contributed by atoms with Crippen LogP contribution >= 0.6 is 0 Å². The van der Waals surface area contributed by atoms with Crippen molar-refractivity contribution in [3.8, 4) is 0 Å². The van der Waals surface area contributed by atoms with Crippen LogP contribution in [-0.2, 0) is 0 Å². The van der Waals surface area contributed by atoms with Crippen LogP contribution in [-0.4, -0.2) is 24.0 Å². The fourth-order valence-corrected chi connectivity index (χ4v) is 3.46. The molecule has 1 aromatic carbocycles. The fourth-order valence-electron chi connectivity index (χ4n) is 3.46. The molecule has 0 radical (unpaired) electrons. The molecule has 2 fully saturated rings. The first-order valence-corrected chi connectivity index (χ1v) is 7.13. The van der Waals surface area contributed by atoms with Crippen molar-refractivity contribution in [2.24, 2.45) is 5.92 Å². The van der Waals surface area contributed by atoms with Gasteiger partial charge in [-0.3, -0.25) is 0 Å². The monoisotopic (exact) mass is 229 g/mol. The first-order chi connectivity index (χ1) is 8.34. The van der Waals surface area contributed by atoms with Gasteiger partial charge in [-0.05, 0) is 43.2 Å². The maximum absolute atomic E-state index is 2.74. The van der Waals surface area contributed by atoms with Crippen LogP contribution in [0.4, 0.5) is 0 Å². The minimum absolute atomic E-state index is 0.785. The summed E-state index contributed by atoms with van der Waals surface area (Å²) in [6.07, 6.45) is 5.70. The molecule has 92 valence electrons. The Morgan fingerprint density at radius 1 is 1.06 bits per heavy atom. The molecule has 17 heavy (non-hydrogen) atoms. The molecule has 1 saturated heterocycles. The maximum Gasteiger partial charge on any atom is 0.00954 e. The van der Waals surface area contributed by atoms with Gasteiger partial charge in [-0.25, -0.2) is 0 Å². The number of rotatable bonds is 2. The highest BCUT2D eigenvalue weighted by Crippen LogP contribution is 2.36. The Labute approximate surface area is 105 Å².